The van der Waals surface area contributed by atoms with Crippen LogP contribution in [0.25, 0.3) is 5.69 Å². The molecule has 0 saturated heterocycles. The minimum Gasteiger partial charge on any atom is -0.219 e. The summed E-state index contributed by atoms with van der Waals surface area (Å²) in [4.78, 5) is 3.95. The van der Waals surface area contributed by atoms with Gasteiger partial charge in [-0.05, 0) is 36.5 Å². The Kier molecular flexibility index (Phi) is 3.21. The molecule has 20 heavy (non-hydrogen) atoms. The number of nitrogens with zero attached hydrogens (tertiary/aromatic N) is 3. The first-order chi connectivity index (χ1) is 9.36. The summed E-state index contributed by atoms with van der Waals surface area (Å²) in [6, 6.07) is 3.36. The van der Waals surface area contributed by atoms with Crippen LogP contribution in [0.1, 0.15) is 30.1 Å². The number of alkyl halides is 3. The predicted molar refractivity (Wildman–Crippen MR) is 70.6 cm³/mol. The summed E-state index contributed by atoms with van der Waals surface area (Å²) < 4.78 is 38.5. The molecule has 1 aromatic carbocycles. The SMILES string of the molecule is FC(F)(F)c1ncn(-c2cc(S)c(C3CC3)cc2Cl)n1. The lowest BCUT2D eigenvalue weighted by Gasteiger charge is -2.09. The number of rotatable bonds is 2. The van der Waals surface area contributed by atoms with Crippen molar-refractivity contribution in [3.8, 4) is 5.69 Å². The largest absolute Gasteiger partial charge is 0.453 e. The highest BCUT2D eigenvalue weighted by molar-refractivity contribution is 7.80. The highest BCUT2D eigenvalue weighted by Crippen LogP contribution is 2.44. The fourth-order valence-corrected chi connectivity index (χ4v) is 2.60. The van der Waals surface area contributed by atoms with Gasteiger partial charge in [0, 0.05) is 4.90 Å². The molecule has 1 saturated carbocycles. The molecule has 3 nitrogen and oxygen atoms in total. The highest BCUT2D eigenvalue weighted by Gasteiger charge is 2.36. The van der Waals surface area contributed by atoms with E-state index in [0.29, 0.717) is 21.5 Å². The smallest absolute Gasteiger partial charge is 0.219 e. The molecule has 0 radical (unpaired) electrons. The zero-order chi connectivity index (χ0) is 14.5. The van der Waals surface area contributed by atoms with E-state index in [2.05, 4.69) is 22.7 Å². The van der Waals surface area contributed by atoms with E-state index in [-0.39, 0.29) is 0 Å². The van der Waals surface area contributed by atoms with Gasteiger partial charge in [-0.25, -0.2) is 9.67 Å². The standard InChI is InChI=1S/C12H9ClF3N3S/c13-8-3-7(6-1-2-6)10(20)4-9(8)19-5-17-11(18-19)12(14,15)16/h3-6,20H,1-2H2. The van der Waals surface area contributed by atoms with Crippen molar-refractivity contribution in [1.82, 2.24) is 14.8 Å². The average molecular weight is 320 g/mol. The Hall–Kier alpha value is -1.21. The van der Waals surface area contributed by atoms with Gasteiger partial charge in [-0.15, -0.1) is 17.7 Å². The molecule has 3 rings (SSSR count). The number of thiol groups is 1. The van der Waals surface area contributed by atoms with Crippen LogP contribution in [0.3, 0.4) is 0 Å². The van der Waals surface area contributed by atoms with E-state index < -0.39 is 12.0 Å². The van der Waals surface area contributed by atoms with E-state index in [9.17, 15) is 13.2 Å². The zero-order valence-electron chi connectivity index (χ0n) is 10.0. The van der Waals surface area contributed by atoms with Gasteiger partial charge in [0.2, 0.25) is 0 Å². The van der Waals surface area contributed by atoms with Crippen LogP contribution in [0, 0.1) is 0 Å². The lowest BCUT2D eigenvalue weighted by atomic mass is 10.1. The molecular weight excluding hydrogens is 311 g/mol. The summed E-state index contributed by atoms with van der Waals surface area (Å²) in [6.45, 7) is 0. The first kappa shape index (κ1) is 13.8. The van der Waals surface area contributed by atoms with E-state index in [0.717, 1.165) is 29.4 Å². The van der Waals surface area contributed by atoms with Gasteiger partial charge >= 0.3 is 6.18 Å². The maximum atomic E-state index is 12.5. The summed E-state index contributed by atoms with van der Waals surface area (Å²) in [6.07, 6.45) is -1.40. The van der Waals surface area contributed by atoms with E-state index >= 15 is 0 Å². The molecule has 106 valence electrons. The quantitative estimate of drug-likeness (QED) is 0.845. The maximum absolute atomic E-state index is 12.5. The molecule has 0 amide bonds. The van der Waals surface area contributed by atoms with Crippen molar-refractivity contribution in [1.29, 1.82) is 0 Å². The topological polar surface area (TPSA) is 30.7 Å². The van der Waals surface area contributed by atoms with Gasteiger partial charge in [0.05, 0.1) is 10.7 Å². The van der Waals surface area contributed by atoms with Crippen LogP contribution in [0.4, 0.5) is 13.2 Å². The third kappa shape index (κ3) is 2.52. The molecule has 0 unspecified atom stereocenters. The van der Waals surface area contributed by atoms with Crippen molar-refractivity contribution in [2.75, 3.05) is 0 Å². The van der Waals surface area contributed by atoms with Gasteiger partial charge in [0.25, 0.3) is 5.82 Å². The molecule has 0 atom stereocenters. The van der Waals surface area contributed by atoms with Gasteiger partial charge in [-0.1, -0.05) is 11.6 Å². The number of hydrogen-bond donors (Lipinski definition) is 1. The Balaban J connectivity index is 2.01. The molecule has 8 heteroatoms. The summed E-state index contributed by atoms with van der Waals surface area (Å²) >= 11 is 10.5. The zero-order valence-corrected chi connectivity index (χ0v) is 11.7. The van der Waals surface area contributed by atoms with E-state index in [1.54, 1.807) is 12.1 Å². The lowest BCUT2D eigenvalue weighted by Crippen LogP contribution is -2.08. The van der Waals surface area contributed by atoms with Gasteiger partial charge in [-0.3, -0.25) is 0 Å². The van der Waals surface area contributed by atoms with Crippen LogP contribution in [0.5, 0.6) is 0 Å². The second-order valence-electron chi connectivity index (χ2n) is 4.65. The molecule has 1 heterocycles. The molecule has 0 bridgehead atoms. The van der Waals surface area contributed by atoms with Crippen molar-refractivity contribution in [2.24, 2.45) is 0 Å². The Morgan fingerprint density at radius 1 is 1.30 bits per heavy atom. The van der Waals surface area contributed by atoms with Gasteiger partial charge < -0.3 is 0 Å². The highest BCUT2D eigenvalue weighted by atomic mass is 35.5. The number of aromatic nitrogens is 3. The normalized spacial score (nSPS) is 15.7. The van der Waals surface area contributed by atoms with Crippen molar-refractivity contribution in [3.05, 3.63) is 34.9 Å². The van der Waals surface area contributed by atoms with Crippen molar-refractivity contribution < 1.29 is 13.2 Å². The van der Waals surface area contributed by atoms with Gasteiger partial charge in [0.15, 0.2) is 0 Å². The fraction of sp³-hybridized carbons (Fsp3) is 0.333. The van der Waals surface area contributed by atoms with Crippen LogP contribution in [-0.4, -0.2) is 14.8 Å². The summed E-state index contributed by atoms with van der Waals surface area (Å²) in [7, 11) is 0. The Morgan fingerprint density at radius 2 is 2.00 bits per heavy atom. The predicted octanol–water partition coefficient (Wildman–Crippen LogP) is 4.11. The summed E-state index contributed by atoms with van der Waals surface area (Å²) in [5.41, 5.74) is 1.36. The fourth-order valence-electron chi connectivity index (χ4n) is 1.97. The molecule has 1 aliphatic carbocycles. The molecule has 2 aromatic rings. The Labute approximate surface area is 123 Å². The van der Waals surface area contributed by atoms with Crippen LogP contribution in [0.2, 0.25) is 5.02 Å². The van der Waals surface area contributed by atoms with Crippen LogP contribution in [0.15, 0.2) is 23.4 Å². The van der Waals surface area contributed by atoms with Crippen molar-refractivity contribution >= 4 is 24.2 Å². The van der Waals surface area contributed by atoms with Crippen molar-refractivity contribution in [3.63, 3.8) is 0 Å². The number of hydrogen-bond acceptors (Lipinski definition) is 3. The minimum absolute atomic E-state index is 0.336. The maximum Gasteiger partial charge on any atom is 0.453 e. The van der Waals surface area contributed by atoms with Gasteiger partial charge in [-0.2, -0.15) is 13.2 Å². The molecule has 0 spiro atoms. The molecule has 0 N–H and O–H groups in total. The number of halogens is 4. The lowest BCUT2D eigenvalue weighted by molar-refractivity contribution is -0.144. The Morgan fingerprint density at radius 3 is 2.55 bits per heavy atom. The van der Waals surface area contributed by atoms with E-state index in [1.165, 1.54) is 0 Å². The van der Waals surface area contributed by atoms with Crippen LogP contribution < -0.4 is 0 Å². The van der Waals surface area contributed by atoms with E-state index in [1.807, 2.05) is 0 Å². The second kappa shape index (κ2) is 4.66. The third-order valence-corrected chi connectivity index (χ3v) is 3.80. The molecule has 1 aliphatic rings. The second-order valence-corrected chi connectivity index (χ2v) is 5.54. The molecule has 0 aliphatic heterocycles. The third-order valence-electron chi connectivity index (χ3n) is 3.11. The first-order valence-corrected chi connectivity index (χ1v) is 6.70. The van der Waals surface area contributed by atoms with Crippen LogP contribution in [-0.2, 0) is 6.18 Å². The van der Waals surface area contributed by atoms with E-state index in [4.69, 9.17) is 11.6 Å². The monoisotopic (exact) mass is 319 g/mol. The van der Waals surface area contributed by atoms with Crippen LogP contribution >= 0.6 is 24.2 Å². The first-order valence-electron chi connectivity index (χ1n) is 5.88. The van der Waals surface area contributed by atoms with Gasteiger partial charge in [0.1, 0.15) is 6.33 Å². The molecule has 1 aromatic heterocycles. The minimum atomic E-state index is -4.57. The summed E-state index contributed by atoms with van der Waals surface area (Å²) in [5, 5.41) is 3.74. The number of benzene rings is 1. The molecule has 1 fully saturated rings. The average Bonchev–Trinajstić information content (AvgIpc) is 3.06. The molecular formula is C12H9ClF3N3S. The summed E-state index contributed by atoms with van der Waals surface area (Å²) in [5.74, 6) is -0.740. The Bertz CT molecular complexity index is 664. The van der Waals surface area contributed by atoms with Crippen molar-refractivity contribution in [2.45, 2.75) is 29.8 Å².